The van der Waals surface area contributed by atoms with Crippen molar-refractivity contribution in [2.45, 2.75) is 44.2 Å². The molecule has 1 amide bonds. The van der Waals surface area contributed by atoms with Crippen LogP contribution < -0.4 is 11.1 Å². The minimum absolute atomic E-state index is 0.0599. The molecule has 1 aromatic rings. The molecule has 3 saturated carbocycles. The highest BCUT2D eigenvalue weighted by molar-refractivity contribution is 5.82. The molecule has 3 N–H and O–H groups in total. The standard InChI is InChI=1S/C18H24N2O/c19-14(9-6-11-4-2-1-3-5-11)18(21)20-17-15-12-7-8-13(10-12)16(15)17/h1-5,12-17H,6-10,19H2,(H,20,21). The number of benzene rings is 1. The first kappa shape index (κ1) is 13.3. The fourth-order valence-electron chi connectivity index (χ4n) is 4.89. The summed E-state index contributed by atoms with van der Waals surface area (Å²) in [5, 5.41) is 3.23. The van der Waals surface area contributed by atoms with Gasteiger partial charge >= 0.3 is 0 Å². The summed E-state index contributed by atoms with van der Waals surface area (Å²) in [6.07, 6.45) is 5.79. The summed E-state index contributed by atoms with van der Waals surface area (Å²) in [4.78, 5) is 12.2. The number of carbonyl (C=O) groups excluding carboxylic acids is 1. The Morgan fingerprint density at radius 2 is 1.86 bits per heavy atom. The number of nitrogens with one attached hydrogen (secondary N) is 1. The van der Waals surface area contributed by atoms with Gasteiger partial charge in [0.1, 0.15) is 0 Å². The molecule has 5 atom stereocenters. The van der Waals surface area contributed by atoms with Crippen LogP contribution in [0.5, 0.6) is 0 Å². The maximum atomic E-state index is 12.2. The van der Waals surface area contributed by atoms with Gasteiger partial charge in [0.2, 0.25) is 5.91 Å². The van der Waals surface area contributed by atoms with E-state index in [2.05, 4.69) is 17.4 Å². The van der Waals surface area contributed by atoms with E-state index in [1.807, 2.05) is 18.2 Å². The highest BCUT2D eigenvalue weighted by Gasteiger charge is 2.65. The molecule has 0 aromatic heterocycles. The Kier molecular flexibility index (Phi) is 3.26. The second kappa shape index (κ2) is 5.13. The molecule has 5 unspecified atom stereocenters. The van der Waals surface area contributed by atoms with Crippen LogP contribution in [0, 0.1) is 23.7 Å². The molecule has 112 valence electrons. The highest BCUT2D eigenvalue weighted by Crippen LogP contribution is 2.65. The third-order valence-corrected chi connectivity index (χ3v) is 5.97. The van der Waals surface area contributed by atoms with Crippen LogP contribution in [0.1, 0.15) is 31.2 Å². The predicted octanol–water partition coefficient (Wildman–Crippen LogP) is 2.11. The van der Waals surface area contributed by atoms with Crippen LogP contribution in [-0.4, -0.2) is 18.0 Å². The lowest BCUT2D eigenvalue weighted by atomic mass is 10.0. The van der Waals surface area contributed by atoms with Crippen LogP contribution in [0.15, 0.2) is 30.3 Å². The molecule has 0 saturated heterocycles. The smallest absolute Gasteiger partial charge is 0.237 e. The molecule has 0 radical (unpaired) electrons. The normalized spacial score (nSPS) is 37.1. The quantitative estimate of drug-likeness (QED) is 0.870. The molecule has 4 rings (SSSR count). The van der Waals surface area contributed by atoms with E-state index < -0.39 is 0 Å². The minimum Gasteiger partial charge on any atom is -0.351 e. The molecular weight excluding hydrogens is 260 g/mol. The zero-order valence-electron chi connectivity index (χ0n) is 12.4. The zero-order valence-corrected chi connectivity index (χ0v) is 12.4. The third kappa shape index (κ3) is 2.38. The number of fused-ring (bicyclic) bond motifs is 5. The van der Waals surface area contributed by atoms with Gasteiger partial charge < -0.3 is 11.1 Å². The second-order valence-corrected chi connectivity index (χ2v) is 7.15. The molecule has 21 heavy (non-hydrogen) atoms. The number of hydrogen-bond donors (Lipinski definition) is 2. The molecule has 0 spiro atoms. The highest BCUT2D eigenvalue weighted by atomic mass is 16.2. The summed E-state index contributed by atoms with van der Waals surface area (Å²) >= 11 is 0. The van der Waals surface area contributed by atoms with E-state index >= 15 is 0 Å². The summed E-state index contributed by atoms with van der Waals surface area (Å²) in [7, 11) is 0. The first-order valence-electron chi connectivity index (χ1n) is 8.34. The van der Waals surface area contributed by atoms with Gasteiger partial charge in [-0.2, -0.15) is 0 Å². The Balaban J connectivity index is 1.26. The maximum Gasteiger partial charge on any atom is 0.237 e. The lowest BCUT2D eigenvalue weighted by Gasteiger charge is -2.15. The van der Waals surface area contributed by atoms with Gasteiger partial charge in [-0.25, -0.2) is 0 Å². The molecule has 3 fully saturated rings. The molecule has 3 aliphatic carbocycles. The van der Waals surface area contributed by atoms with E-state index in [9.17, 15) is 4.79 Å². The second-order valence-electron chi connectivity index (χ2n) is 7.15. The van der Waals surface area contributed by atoms with Crippen LogP contribution in [0.4, 0.5) is 0 Å². The van der Waals surface area contributed by atoms with Crippen molar-refractivity contribution in [1.82, 2.24) is 5.32 Å². The molecule has 3 aliphatic rings. The SMILES string of the molecule is NC(CCc1ccccc1)C(=O)NC1C2C3CCC(C3)C12. The van der Waals surface area contributed by atoms with Gasteiger partial charge in [-0.1, -0.05) is 30.3 Å². The number of aryl methyl sites for hydroxylation is 1. The molecule has 0 heterocycles. The predicted molar refractivity (Wildman–Crippen MR) is 82.5 cm³/mol. The lowest BCUT2D eigenvalue weighted by molar-refractivity contribution is -0.122. The molecular formula is C18H24N2O. The van der Waals surface area contributed by atoms with Crippen molar-refractivity contribution < 1.29 is 4.79 Å². The first-order valence-corrected chi connectivity index (χ1v) is 8.34. The van der Waals surface area contributed by atoms with Crippen molar-refractivity contribution in [3.63, 3.8) is 0 Å². The molecule has 2 bridgehead atoms. The van der Waals surface area contributed by atoms with Gasteiger partial charge in [0.25, 0.3) is 0 Å². The number of carbonyl (C=O) groups is 1. The Hall–Kier alpha value is -1.35. The number of rotatable bonds is 5. The lowest BCUT2D eigenvalue weighted by Crippen LogP contribution is -2.43. The van der Waals surface area contributed by atoms with E-state index in [-0.39, 0.29) is 11.9 Å². The fourth-order valence-corrected chi connectivity index (χ4v) is 4.89. The first-order chi connectivity index (χ1) is 10.2. The van der Waals surface area contributed by atoms with E-state index in [0.29, 0.717) is 6.04 Å². The summed E-state index contributed by atoms with van der Waals surface area (Å²) < 4.78 is 0. The van der Waals surface area contributed by atoms with Crippen molar-refractivity contribution in [3.8, 4) is 0 Å². The van der Waals surface area contributed by atoms with E-state index in [1.54, 1.807) is 0 Å². The fraction of sp³-hybridized carbons (Fsp3) is 0.611. The third-order valence-electron chi connectivity index (χ3n) is 5.97. The van der Waals surface area contributed by atoms with Gasteiger partial charge in [-0.15, -0.1) is 0 Å². The number of hydrogen-bond acceptors (Lipinski definition) is 2. The minimum atomic E-state index is -0.371. The van der Waals surface area contributed by atoms with Gasteiger partial charge in [-0.05, 0) is 61.3 Å². The molecule has 3 heteroatoms. The summed E-state index contributed by atoms with van der Waals surface area (Å²) in [5.41, 5.74) is 7.32. The summed E-state index contributed by atoms with van der Waals surface area (Å²) in [6, 6.07) is 10.3. The zero-order chi connectivity index (χ0) is 14.4. The monoisotopic (exact) mass is 284 g/mol. The van der Waals surface area contributed by atoms with Gasteiger partial charge in [0, 0.05) is 6.04 Å². The van der Waals surface area contributed by atoms with Gasteiger partial charge in [-0.3, -0.25) is 4.79 Å². The Morgan fingerprint density at radius 1 is 1.19 bits per heavy atom. The van der Waals surface area contributed by atoms with Crippen molar-refractivity contribution >= 4 is 5.91 Å². The van der Waals surface area contributed by atoms with Crippen LogP contribution in [0.3, 0.4) is 0 Å². The largest absolute Gasteiger partial charge is 0.351 e. The Labute approximate surface area is 126 Å². The van der Waals surface area contributed by atoms with Crippen LogP contribution >= 0.6 is 0 Å². The maximum absolute atomic E-state index is 12.2. The molecule has 1 aromatic carbocycles. The van der Waals surface area contributed by atoms with Crippen LogP contribution in [0.2, 0.25) is 0 Å². The average Bonchev–Trinajstić information content (AvgIpc) is 2.90. The topological polar surface area (TPSA) is 55.1 Å². The molecule has 0 aliphatic heterocycles. The average molecular weight is 284 g/mol. The van der Waals surface area contributed by atoms with E-state index in [4.69, 9.17) is 5.73 Å². The summed E-state index contributed by atoms with van der Waals surface area (Å²) in [6.45, 7) is 0. The van der Waals surface area contributed by atoms with Crippen molar-refractivity contribution in [2.24, 2.45) is 29.4 Å². The van der Waals surface area contributed by atoms with Crippen molar-refractivity contribution in [3.05, 3.63) is 35.9 Å². The number of amides is 1. The van der Waals surface area contributed by atoms with Crippen LogP contribution in [-0.2, 0) is 11.2 Å². The number of nitrogens with two attached hydrogens (primary N) is 1. The van der Waals surface area contributed by atoms with Gasteiger partial charge in [0.05, 0.1) is 6.04 Å². The molecule has 3 nitrogen and oxygen atoms in total. The summed E-state index contributed by atoms with van der Waals surface area (Å²) in [5.74, 6) is 3.42. The van der Waals surface area contributed by atoms with Gasteiger partial charge in [0.15, 0.2) is 0 Å². The van der Waals surface area contributed by atoms with E-state index in [0.717, 1.165) is 36.5 Å². The Morgan fingerprint density at radius 3 is 2.52 bits per heavy atom. The van der Waals surface area contributed by atoms with Crippen molar-refractivity contribution in [2.75, 3.05) is 0 Å². The van der Waals surface area contributed by atoms with Crippen LogP contribution in [0.25, 0.3) is 0 Å². The Bertz CT molecular complexity index is 513. The van der Waals surface area contributed by atoms with E-state index in [1.165, 1.54) is 24.8 Å². The van der Waals surface area contributed by atoms with Crippen molar-refractivity contribution in [1.29, 1.82) is 0 Å².